The number of hydrogen-bond acceptors (Lipinski definition) is 4. The topological polar surface area (TPSA) is 37.3 Å². The Morgan fingerprint density at radius 2 is 2.05 bits per heavy atom. The van der Waals surface area contributed by atoms with Gasteiger partial charge in [0, 0.05) is 6.20 Å². The van der Waals surface area contributed by atoms with Crippen LogP contribution in [0.3, 0.4) is 0 Å². The zero-order chi connectivity index (χ0) is 14.8. The van der Waals surface area contributed by atoms with E-state index in [-0.39, 0.29) is 5.82 Å². The zero-order valence-electron chi connectivity index (χ0n) is 10.2. The van der Waals surface area contributed by atoms with Crippen LogP contribution in [-0.4, -0.2) is 10.7 Å². The molecule has 0 saturated carbocycles. The van der Waals surface area contributed by atoms with E-state index in [1.54, 1.807) is 6.92 Å². The van der Waals surface area contributed by atoms with E-state index in [1.165, 1.54) is 17.4 Å². The number of aromatic nitrogens is 1. The molecule has 3 nitrogen and oxygen atoms in total. The molecule has 0 amide bonds. The SMILES string of the molecule is C/C(=N/Nc1ccc(C(F)(F)F)cn1)c1ccc(Br)s1. The van der Waals surface area contributed by atoms with Crippen LogP contribution in [-0.2, 0) is 6.18 Å². The van der Waals surface area contributed by atoms with Crippen molar-refractivity contribution in [1.29, 1.82) is 0 Å². The number of hydrogen-bond donors (Lipinski definition) is 1. The summed E-state index contributed by atoms with van der Waals surface area (Å²) in [5.41, 5.74) is 2.57. The van der Waals surface area contributed by atoms with E-state index >= 15 is 0 Å². The molecule has 0 spiro atoms. The van der Waals surface area contributed by atoms with E-state index < -0.39 is 11.7 Å². The lowest BCUT2D eigenvalue weighted by Crippen LogP contribution is -2.06. The van der Waals surface area contributed by atoms with Crippen LogP contribution in [0.5, 0.6) is 0 Å². The molecule has 0 aromatic carbocycles. The molecule has 0 saturated heterocycles. The van der Waals surface area contributed by atoms with Crippen LogP contribution in [0.15, 0.2) is 39.4 Å². The fourth-order valence-electron chi connectivity index (χ4n) is 1.33. The molecule has 0 unspecified atom stereocenters. The molecule has 106 valence electrons. The third-order valence-corrected chi connectivity index (χ3v) is 4.09. The molecule has 2 aromatic rings. The van der Waals surface area contributed by atoms with Gasteiger partial charge >= 0.3 is 6.18 Å². The minimum atomic E-state index is -4.38. The van der Waals surface area contributed by atoms with Gasteiger partial charge in [0.1, 0.15) is 5.82 Å². The maximum atomic E-state index is 12.4. The smallest absolute Gasteiger partial charge is 0.261 e. The highest BCUT2D eigenvalue weighted by molar-refractivity contribution is 9.11. The van der Waals surface area contributed by atoms with E-state index in [0.29, 0.717) is 0 Å². The van der Waals surface area contributed by atoms with Gasteiger partial charge in [0.05, 0.1) is 19.9 Å². The number of pyridine rings is 1. The maximum Gasteiger partial charge on any atom is 0.417 e. The first-order valence-corrected chi connectivity index (χ1v) is 7.06. The summed E-state index contributed by atoms with van der Waals surface area (Å²) in [5.74, 6) is 0.257. The molecule has 0 fully saturated rings. The summed E-state index contributed by atoms with van der Waals surface area (Å²) in [6.45, 7) is 1.80. The summed E-state index contributed by atoms with van der Waals surface area (Å²) >= 11 is 4.86. The summed E-state index contributed by atoms with van der Waals surface area (Å²) in [7, 11) is 0. The minimum Gasteiger partial charge on any atom is -0.261 e. The molecule has 2 heterocycles. The molecule has 2 aromatic heterocycles. The fourth-order valence-corrected chi connectivity index (χ4v) is 2.66. The van der Waals surface area contributed by atoms with Crippen molar-refractivity contribution in [3.05, 3.63) is 44.7 Å². The first kappa shape index (κ1) is 15.0. The zero-order valence-corrected chi connectivity index (χ0v) is 12.6. The Kier molecular flexibility index (Phi) is 4.44. The lowest BCUT2D eigenvalue weighted by Gasteiger charge is -2.06. The van der Waals surface area contributed by atoms with Crippen molar-refractivity contribution >= 4 is 38.8 Å². The first-order chi connectivity index (χ1) is 9.36. The standard InChI is InChI=1S/C12H9BrF3N3S/c1-7(9-3-4-10(13)20-9)18-19-11-5-2-8(6-17-11)12(14,15)16/h2-6H,1H3,(H,17,19)/b18-7-. The molecular weight excluding hydrogens is 355 g/mol. The molecule has 2 rings (SSSR count). The second-order valence-corrected chi connectivity index (χ2v) is 6.31. The Morgan fingerprint density at radius 3 is 2.55 bits per heavy atom. The molecule has 0 aliphatic carbocycles. The van der Waals surface area contributed by atoms with Crippen molar-refractivity contribution in [2.24, 2.45) is 5.10 Å². The second-order valence-electron chi connectivity index (χ2n) is 3.84. The van der Waals surface area contributed by atoms with Crippen LogP contribution >= 0.6 is 27.3 Å². The number of nitrogens with zero attached hydrogens (tertiary/aromatic N) is 2. The van der Waals surface area contributed by atoms with Crippen LogP contribution in [0.1, 0.15) is 17.4 Å². The summed E-state index contributed by atoms with van der Waals surface area (Å²) in [6, 6.07) is 6.00. The number of thiophene rings is 1. The monoisotopic (exact) mass is 363 g/mol. The van der Waals surface area contributed by atoms with Gasteiger partial charge in [-0.1, -0.05) is 0 Å². The molecule has 1 N–H and O–H groups in total. The number of halogens is 4. The van der Waals surface area contributed by atoms with E-state index in [1.807, 2.05) is 12.1 Å². The molecule has 0 aliphatic heterocycles. The van der Waals surface area contributed by atoms with Crippen LogP contribution < -0.4 is 5.43 Å². The van der Waals surface area contributed by atoms with E-state index in [4.69, 9.17) is 0 Å². The number of rotatable bonds is 3. The molecule has 20 heavy (non-hydrogen) atoms. The van der Waals surface area contributed by atoms with Gasteiger partial charge in [0.15, 0.2) is 0 Å². The highest BCUT2D eigenvalue weighted by atomic mass is 79.9. The predicted molar refractivity (Wildman–Crippen MR) is 77.1 cm³/mol. The van der Waals surface area contributed by atoms with Gasteiger partial charge in [0.25, 0.3) is 0 Å². The highest BCUT2D eigenvalue weighted by Gasteiger charge is 2.30. The molecule has 0 radical (unpaired) electrons. The Morgan fingerprint density at radius 1 is 1.30 bits per heavy atom. The lowest BCUT2D eigenvalue weighted by atomic mass is 10.3. The summed E-state index contributed by atoms with van der Waals surface area (Å²) in [6.07, 6.45) is -3.61. The number of alkyl halides is 3. The first-order valence-electron chi connectivity index (χ1n) is 5.45. The molecule has 8 heteroatoms. The average Bonchev–Trinajstić information content (AvgIpc) is 2.82. The van der Waals surface area contributed by atoms with Crippen LogP contribution in [0, 0.1) is 0 Å². The number of nitrogens with one attached hydrogen (secondary N) is 1. The lowest BCUT2D eigenvalue weighted by molar-refractivity contribution is -0.137. The molecular formula is C12H9BrF3N3S. The highest BCUT2D eigenvalue weighted by Crippen LogP contribution is 2.28. The van der Waals surface area contributed by atoms with Gasteiger partial charge in [-0.05, 0) is 47.1 Å². The predicted octanol–water partition coefficient (Wildman–Crippen LogP) is 4.76. The Balaban J connectivity index is 2.07. The van der Waals surface area contributed by atoms with Crippen molar-refractivity contribution < 1.29 is 13.2 Å². The minimum absolute atomic E-state index is 0.257. The number of hydrazone groups is 1. The second kappa shape index (κ2) is 5.92. The van der Waals surface area contributed by atoms with Crippen LogP contribution in [0.25, 0.3) is 0 Å². The molecule has 0 bridgehead atoms. The summed E-state index contributed by atoms with van der Waals surface area (Å²) < 4.78 is 38.1. The van der Waals surface area contributed by atoms with Gasteiger partial charge in [-0.2, -0.15) is 18.3 Å². The van der Waals surface area contributed by atoms with Gasteiger partial charge < -0.3 is 0 Å². The Bertz CT molecular complexity index is 620. The fraction of sp³-hybridized carbons (Fsp3) is 0.167. The maximum absolute atomic E-state index is 12.4. The van der Waals surface area contributed by atoms with Crippen LogP contribution in [0.4, 0.5) is 19.0 Å². The Labute approximate surface area is 125 Å². The van der Waals surface area contributed by atoms with Crippen molar-refractivity contribution in [1.82, 2.24) is 4.98 Å². The van der Waals surface area contributed by atoms with Crippen molar-refractivity contribution in [3.8, 4) is 0 Å². The number of anilines is 1. The average molecular weight is 364 g/mol. The third kappa shape index (κ3) is 3.80. The quantitative estimate of drug-likeness (QED) is 0.630. The summed E-state index contributed by atoms with van der Waals surface area (Å²) in [4.78, 5) is 4.63. The van der Waals surface area contributed by atoms with Crippen molar-refractivity contribution in [2.75, 3.05) is 5.43 Å². The largest absolute Gasteiger partial charge is 0.417 e. The van der Waals surface area contributed by atoms with Crippen molar-refractivity contribution in [3.63, 3.8) is 0 Å². The van der Waals surface area contributed by atoms with E-state index in [9.17, 15) is 13.2 Å². The van der Waals surface area contributed by atoms with E-state index in [2.05, 4.69) is 31.4 Å². The normalized spacial score (nSPS) is 12.6. The van der Waals surface area contributed by atoms with Crippen LogP contribution in [0.2, 0.25) is 0 Å². The van der Waals surface area contributed by atoms with Gasteiger partial charge in [0.2, 0.25) is 0 Å². The van der Waals surface area contributed by atoms with Gasteiger partial charge in [-0.3, -0.25) is 5.43 Å². The van der Waals surface area contributed by atoms with E-state index in [0.717, 1.165) is 26.6 Å². The summed E-state index contributed by atoms with van der Waals surface area (Å²) in [5, 5.41) is 4.08. The Hall–Kier alpha value is -1.41. The molecule has 0 aliphatic rings. The van der Waals surface area contributed by atoms with Gasteiger partial charge in [-0.25, -0.2) is 4.98 Å². The van der Waals surface area contributed by atoms with Crippen molar-refractivity contribution in [2.45, 2.75) is 13.1 Å². The van der Waals surface area contributed by atoms with Gasteiger partial charge in [-0.15, -0.1) is 11.3 Å². The molecule has 0 atom stereocenters. The third-order valence-electron chi connectivity index (χ3n) is 2.36.